The van der Waals surface area contributed by atoms with Gasteiger partial charge in [0.2, 0.25) is 53.2 Å². The van der Waals surface area contributed by atoms with Crippen molar-refractivity contribution in [2.45, 2.75) is 189 Å². The van der Waals surface area contributed by atoms with Gasteiger partial charge >= 0.3 is 11.9 Å². The van der Waals surface area contributed by atoms with E-state index in [-0.39, 0.29) is 109 Å². The number of imidazole rings is 1. The van der Waals surface area contributed by atoms with Crippen molar-refractivity contribution in [1.29, 1.82) is 0 Å². The van der Waals surface area contributed by atoms with Crippen LogP contribution in [0.1, 0.15) is 126 Å². The molecular formula is C72H101N19O17. The van der Waals surface area contributed by atoms with Crippen LogP contribution in [0.4, 0.5) is 0 Å². The van der Waals surface area contributed by atoms with Crippen LogP contribution < -0.4 is 70.8 Å². The quantitative estimate of drug-likeness (QED) is 0.00967. The molecule has 0 bridgehead atoms. The van der Waals surface area contributed by atoms with Gasteiger partial charge in [-0.05, 0) is 114 Å². The number of nitrogens with one attached hydrogen (secondary N) is 11. The van der Waals surface area contributed by atoms with Gasteiger partial charge < -0.3 is 90.5 Å². The number of likely N-dealkylation sites (tertiary alicyclic amines) is 2. The Morgan fingerprint density at radius 1 is 0.639 bits per heavy atom. The summed E-state index contributed by atoms with van der Waals surface area (Å²) in [6, 6.07) is 2.24. The van der Waals surface area contributed by atoms with E-state index in [1.165, 1.54) is 17.4 Å². The van der Waals surface area contributed by atoms with E-state index in [1.807, 2.05) is 0 Å². The lowest BCUT2D eigenvalue weighted by atomic mass is 9.98. The first kappa shape index (κ1) is 84.4. The van der Waals surface area contributed by atoms with Gasteiger partial charge in [-0.3, -0.25) is 87.1 Å². The number of ketones is 4. The number of aliphatic imine (C=N–C) groups is 1. The third-order valence-electron chi connectivity index (χ3n) is 19.3. The Kier molecular flexibility index (Phi) is 33.2. The van der Waals surface area contributed by atoms with Crippen molar-refractivity contribution < 1.29 is 82.1 Å². The van der Waals surface area contributed by atoms with Crippen molar-refractivity contribution in [2.75, 3.05) is 52.4 Å². The maximum atomic E-state index is 15.4. The summed E-state index contributed by atoms with van der Waals surface area (Å²) in [6.07, 6.45) is 3.71. The molecule has 5 heterocycles. The number of aromatic nitrogens is 3. The zero-order valence-corrected chi connectivity index (χ0v) is 60.5. The van der Waals surface area contributed by atoms with Crippen LogP contribution in [0.2, 0.25) is 0 Å². The van der Waals surface area contributed by atoms with Gasteiger partial charge in [0.25, 0.3) is 0 Å². The molecule has 2 aromatic carbocycles. The maximum Gasteiger partial charge on any atom is 0.305 e. The number of primary amides is 1. The van der Waals surface area contributed by atoms with E-state index < -0.39 is 181 Å². The number of carboxylic acid groups (broad SMARTS) is 2. The van der Waals surface area contributed by atoms with Crippen molar-refractivity contribution in [3.63, 3.8) is 0 Å². The molecule has 21 N–H and O–H groups in total. The minimum Gasteiger partial charge on any atom is -0.481 e. The predicted molar refractivity (Wildman–Crippen MR) is 391 cm³/mol. The molecule has 9 amide bonds. The molecular weight excluding hydrogens is 1400 g/mol. The second kappa shape index (κ2) is 42.5. The molecule has 3 fully saturated rings. The zero-order valence-electron chi connectivity index (χ0n) is 60.5. The summed E-state index contributed by atoms with van der Waals surface area (Å²) >= 11 is 0. The number of nitrogens with zero attached hydrogens (tertiary/aromatic N) is 4. The van der Waals surface area contributed by atoms with Crippen LogP contribution in [0, 0.1) is 5.92 Å². The van der Waals surface area contributed by atoms with Gasteiger partial charge in [-0.1, -0.05) is 55.0 Å². The van der Waals surface area contributed by atoms with Crippen molar-refractivity contribution in [3.8, 4) is 0 Å². The van der Waals surface area contributed by atoms with Gasteiger partial charge in [0.05, 0.1) is 56.5 Å². The summed E-state index contributed by atoms with van der Waals surface area (Å²) in [5, 5.41) is 44.2. The molecule has 0 saturated carbocycles. The van der Waals surface area contributed by atoms with Crippen molar-refractivity contribution in [2.24, 2.45) is 33.8 Å². The second-order valence-electron chi connectivity index (χ2n) is 27.4. The van der Waals surface area contributed by atoms with E-state index in [0.29, 0.717) is 72.9 Å². The summed E-state index contributed by atoms with van der Waals surface area (Å²) in [4.78, 5) is 226. The average molecular weight is 1500 g/mol. The topological polar surface area (TPSA) is 572 Å². The number of fused-ring (bicyclic) bond motifs is 1. The fraction of sp³-hybridized carbons (Fsp3) is 0.542. The standard InChI is InChI=1S/C72H101N19O17/c1-41(92)46-33-61(96)78-26-10-8-19-51(71(108)91-29-13-22-57(91)60(95)39-90-28-12-21-56(90)59(94)38-81-48(18-7-9-25-73)58(93)37-82-52(64(74)101)34-63(99)100)86-69(106)54(31-43-35-80-47-17-6-5-16-45(43)47)88-66(103)49(20-11-27-79-72(75)76)85-68(105)53(30-42-14-3-2-4-15-42)87-70(107)55(32-44-36-77-40-83-44)89-67(104)50(84-65(46)102)23-24-62(97)98/h2-6,14-17,35-36,40,46,48-57,80-82H,7-13,18-34,37-39,73H2,1H3,(H2,74,101)(H,77,83)(H,78,96)(H,84,102)(H,85,105)(H,86,106)(H,87,107)(H,88,103)(H,89,104)(H,97,98)(H,99,100)(H4,75,76,79)/t46-,48-,49-,50+,51+,52-,53-,54+,55-,56-,57-/m0/s1. The van der Waals surface area contributed by atoms with Crippen LogP contribution in [0.5, 0.6) is 0 Å². The number of H-pyrrole nitrogens is 2. The van der Waals surface area contributed by atoms with Crippen LogP contribution in [-0.2, 0) is 91.2 Å². The summed E-state index contributed by atoms with van der Waals surface area (Å²) in [7, 11) is 0. The van der Waals surface area contributed by atoms with Crippen molar-refractivity contribution in [3.05, 3.63) is 90.1 Å². The summed E-state index contributed by atoms with van der Waals surface area (Å²) in [5.74, 6) is -14.9. The van der Waals surface area contributed by atoms with Crippen LogP contribution in [0.15, 0.2) is 78.3 Å². The number of nitrogens with two attached hydrogens (primary N) is 4. The highest BCUT2D eigenvalue weighted by Crippen LogP contribution is 2.26. The number of hydrogen-bond donors (Lipinski definition) is 17. The number of Topliss-reactive ketones (excluding diaryl/α,β-unsaturated/α-hetero) is 4. The van der Waals surface area contributed by atoms with Crippen molar-refractivity contribution in [1.82, 2.24) is 72.6 Å². The maximum absolute atomic E-state index is 15.4. The van der Waals surface area contributed by atoms with E-state index in [9.17, 15) is 63.0 Å². The molecule has 36 nitrogen and oxygen atoms in total. The summed E-state index contributed by atoms with van der Waals surface area (Å²) in [6.45, 7) is 0.655. The average Bonchev–Trinajstić information content (AvgIpc) is 1.63. The highest BCUT2D eigenvalue weighted by molar-refractivity contribution is 6.05. The Morgan fingerprint density at radius 2 is 1.27 bits per heavy atom. The molecule has 0 unspecified atom stereocenters. The molecule has 3 saturated heterocycles. The number of aromatic amines is 2. The van der Waals surface area contributed by atoms with Gasteiger partial charge in [0.15, 0.2) is 23.3 Å². The SMILES string of the molecule is CC(=O)[C@@H]1CC(=O)NCCCC[C@H](C(=O)N2CCC[C@H]2C(=O)CN2CCC[C@H]2C(=O)CN[C@@H](CCCCN)C(=O)CN[C@@H](CC(=O)O)C(N)=O)NC(=O)[C@@H](Cc2c[nH]c3ccccc23)NC(=O)[C@H](CCCN=C(N)N)NC(=O)[C@H](Cc2ccccc2)NC(=O)[C@H](Cc2cnc[nH]2)NC(=O)[C@@H](CCC(=O)O)NC1=O. The molecule has 3 aliphatic heterocycles. The minimum atomic E-state index is -1.71. The zero-order chi connectivity index (χ0) is 78.4. The first-order valence-electron chi connectivity index (χ1n) is 36.4. The van der Waals surface area contributed by atoms with E-state index in [4.69, 9.17) is 22.9 Å². The number of amides is 9. The lowest BCUT2D eigenvalue weighted by molar-refractivity contribution is -0.142. The van der Waals surface area contributed by atoms with Crippen LogP contribution >= 0.6 is 0 Å². The Balaban J connectivity index is 1.21. The van der Waals surface area contributed by atoms with Crippen molar-refractivity contribution >= 4 is 105 Å². The van der Waals surface area contributed by atoms with E-state index >= 15 is 19.2 Å². The number of carbonyl (C=O) groups excluding carboxylic acids is 13. The molecule has 108 heavy (non-hydrogen) atoms. The highest BCUT2D eigenvalue weighted by atomic mass is 16.4. The Labute approximate surface area is 623 Å². The normalized spacial score (nSPS) is 22.6. The third kappa shape index (κ3) is 26.3. The predicted octanol–water partition coefficient (Wildman–Crippen LogP) is -3.19. The molecule has 0 aliphatic carbocycles. The van der Waals surface area contributed by atoms with Crippen LogP contribution in [0.25, 0.3) is 10.9 Å². The summed E-state index contributed by atoms with van der Waals surface area (Å²) < 4.78 is 0. The van der Waals surface area contributed by atoms with Crippen LogP contribution in [-0.4, -0.2) is 242 Å². The Bertz CT molecular complexity index is 3850. The highest BCUT2D eigenvalue weighted by Gasteiger charge is 2.42. The minimum absolute atomic E-state index is 0.0344. The van der Waals surface area contributed by atoms with Gasteiger partial charge in [-0.2, -0.15) is 0 Å². The summed E-state index contributed by atoms with van der Waals surface area (Å²) in [5.41, 5.74) is 24.5. The molecule has 0 spiro atoms. The fourth-order valence-corrected chi connectivity index (χ4v) is 13.5. The number of hydrogen-bond acceptors (Lipinski definition) is 21. The molecule has 11 atom stereocenters. The van der Waals surface area contributed by atoms with E-state index in [0.717, 1.165) is 6.92 Å². The first-order valence-corrected chi connectivity index (χ1v) is 36.4. The van der Waals surface area contributed by atoms with Gasteiger partial charge in [0.1, 0.15) is 48.0 Å². The van der Waals surface area contributed by atoms with Gasteiger partial charge in [0, 0.05) is 80.7 Å². The largest absolute Gasteiger partial charge is 0.481 e. The molecule has 3 aliphatic rings. The Morgan fingerprint density at radius 3 is 1.94 bits per heavy atom. The van der Waals surface area contributed by atoms with Gasteiger partial charge in [-0.25, -0.2) is 4.98 Å². The third-order valence-corrected chi connectivity index (χ3v) is 19.3. The molecule has 2 aromatic heterocycles. The fourth-order valence-electron chi connectivity index (χ4n) is 13.5. The first-order chi connectivity index (χ1) is 51.7. The number of aliphatic carboxylic acids is 2. The van der Waals surface area contributed by atoms with E-state index in [1.54, 1.807) is 65.7 Å². The number of rotatable bonds is 33. The second-order valence-corrected chi connectivity index (χ2v) is 27.4. The number of carbonyl (C=O) groups is 15. The van der Waals surface area contributed by atoms with E-state index in [2.05, 4.69) is 67.8 Å². The molecule has 7 rings (SSSR count). The Hall–Kier alpha value is -10.8. The lowest BCUT2D eigenvalue weighted by Crippen LogP contribution is -2.61. The molecule has 586 valence electrons. The van der Waals surface area contributed by atoms with Gasteiger partial charge in [-0.15, -0.1) is 0 Å². The molecule has 36 heteroatoms. The van der Waals surface area contributed by atoms with Crippen LogP contribution in [0.3, 0.4) is 0 Å². The number of carboxylic acids is 2. The monoisotopic (exact) mass is 1500 g/mol. The number of guanidine groups is 1. The molecule has 0 radical (unpaired) electrons. The number of para-hydroxylation sites is 1. The molecule has 4 aromatic rings. The number of benzene rings is 2. The smallest absolute Gasteiger partial charge is 0.305 e. The number of unbranched alkanes of at least 4 members (excludes halogenated alkanes) is 1. The lowest BCUT2D eigenvalue weighted by Gasteiger charge is -2.31.